The first-order valence-electron chi connectivity index (χ1n) is 9.10. The molecule has 0 radical (unpaired) electrons. The first-order chi connectivity index (χ1) is 12.9. The maximum absolute atomic E-state index is 12.0. The van der Waals surface area contributed by atoms with E-state index in [1.54, 1.807) is 13.8 Å². The molecule has 0 unspecified atom stereocenters. The molecule has 0 amide bonds. The van der Waals surface area contributed by atoms with Gasteiger partial charge in [-0.2, -0.15) is 0 Å². The number of hydrogen-bond acceptors (Lipinski definition) is 4. The van der Waals surface area contributed by atoms with E-state index in [0.29, 0.717) is 0 Å². The van der Waals surface area contributed by atoms with Crippen LogP contribution in [0.2, 0.25) is 0 Å². The Labute approximate surface area is 161 Å². The molecule has 0 aliphatic carbocycles. The Kier molecular flexibility index (Phi) is 6.01. The van der Waals surface area contributed by atoms with Gasteiger partial charge < -0.3 is 0 Å². The van der Waals surface area contributed by atoms with Gasteiger partial charge in [-0.1, -0.05) is 54.6 Å². The van der Waals surface area contributed by atoms with Gasteiger partial charge in [-0.25, -0.2) is 8.42 Å². The topological polar surface area (TPSA) is 59.9 Å². The van der Waals surface area contributed by atoms with Crippen molar-refractivity contribution in [1.29, 1.82) is 0 Å². The molecule has 0 N–H and O–H groups in total. The van der Waals surface area contributed by atoms with Crippen molar-refractivity contribution >= 4 is 9.84 Å². The quantitative estimate of drug-likeness (QED) is 0.615. The van der Waals surface area contributed by atoms with Gasteiger partial charge in [-0.05, 0) is 37.8 Å². The summed E-state index contributed by atoms with van der Waals surface area (Å²) >= 11 is 0. The van der Waals surface area contributed by atoms with Crippen LogP contribution in [0.3, 0.4) is 0 Å². The van der Waals surface area contributed by atoms with Crippen molar-refractivity contribution in [2.75, 3.05) is 0 Å². The summed E-state index contributed by atoms with van der Waals surface area (Å²) in [5.74, 6) is 0.0946. The normalized spacial score (nSPS) is 11.7. The second-order valence-corrected chi connectivity index (χ2v) is 9.49. The van der Waals surface area contributed by atoms with E-state index < -0.39 is 9.84 Å². The molecule has 3 aromatic rings. The number of rotatable bonds is 7. The van der Waals surface area contributed by atoms with E-state index >= 15 is 0 Å². The van der Waals surface area contributed by atoms with Crippen LogP contribution in [0.25, 0.3) is 11.3 Å². The highest BCUT2D eigenvalue weighted by atomic mass is 32.2. The molecule has 5 heteroatoms. The lowest BCUT2D eigenvalue weighted by Crippen LogP contribution is -2.15. The predicted octanol–water partition coefficient (Wildman–Crippen LogP) is 4.25. The van der Waals surface area contributed by atoms with E-state index in [1.165, 1.54) is 0 Å². The van der Waals surface area contributed by atoms with Crippen LogP contribution in [0.1, 0.15) is 30.7 Å². The van der Waals surface area contributed by atoms with Crippen molar-refractivity contribution in [3.05, 3.63) is 83.8 Å². The number of hydrogen-bond donors (Lipinski definition) is 0. The van der Waals surface area contributed by atoms with Gasteiger partial charge >= 0.3 is 0 Å². The lowest BCUT2D eigenvalue weighted by atomic mass is 10.1. The molecular formula is C22H24N2O2S. The molecule has 0 atom stereocenters. The zero-order chi connectivity index (χ0) is 19.3. The highest BCUT2D eigenvalue weighted by Crippen LogP contribution is 2.16. The van der Waals surface area contributed by atoms with Crippen molar-refractivity contribution in [3.8, 4) is 11.3 Å². The van der Waals surface area contributed by atoms with Crippen LogP contribution in [0, 0.1) is 0 Å². The van der Waals surface area contributed by atoms with Crippen LogP contribution in [-0.4, -0.2) is 23.6 Å². The standard InChI is InChI=1S/C22H24N2O2S/c1-17(2)27(25,26)16-19-10-8-18(9-11-19)12-13-21-14-24-22(15-23-21)20-6-4-3-5-7-20/h3-11,14-15,17H,12-13,16H2,1-2H3. The Morgan fingerprint density at radius 1 is 0.815 bits per heavy atom. The third-order valence-corrected chi connectivity index (χ3v) is 6.73. The Hall–Kier alpha value is -2.53. The Bertz CT molecular complexity index is 965. The van der Waals surface area contributed by atoms with E-state index in [4.69, 9.17) is 0 Å². The number of sulfone groups is 1. The zero-order valence-electron chi connectivity index (χ0n) is 15.7. The van der Waals surface area contributed by atoms with Gasteiger partial charge in [0.15, 0.2) is 9.84 Å². The first kappa shape index (κ1) is 19.2. The molecule has 0 fully saturated rings. The maximum atomic E-state index is 12.0. The molecule has 4 nitrogen and oxygen atoms in total. The summed E-state index contributed by atoms with van der Waals surface area (Å²) in [4.78, 5) is 9.02. The molecule has 3 rings (SSSR count). The predicted molar refractivity (Wildman–Crippen MR) is 109 cm³/mol. The Balaban J connectivity index is 1.59. The van der Waals surface area contributed by atoms with Crippen molar-refractivity contribution in [2.45, 2.75) is 37.7 Å². The zero-order valence-corrected chi connectivity index (χ0v) is 16.5. The fourth-order valence-electron chi connectivity index (χ4n) is 2.72. The Morgan fingerprint density at radius 3 is 2.07 bits per heavy atom. The fourth-order valence-corrected chi connectivity index (χ4v) is 3.71. The molecule has 140 valence electrons. The molecule has 0 aliphatic heterocycles. The third kappa shape index (κ3) is 5.23. The van der Waals surface area contributed by atoms with Crippen LogP contribution in [-0.2, 0) is 28.4 Å². The van der Waals surface area contributed by atoms with E-state index in [2.05, 4.69) is 9.97 Å². The molecule has 0 saturated heterocycles. The number of nitrogens with zero attached hydrogens (tertiary/aromatic N) is 2. The fraction of sp³-hybridized carbons (Fsp3) is 0.273. The molecule has 0 bridgehead atoms. The van der Waals surface area contributed by atoms with E-state index in [9.17, 15) is 8.42 Å². The Morgan fingerprint density at radius 2 is 1.48 bits per heavy atom. The summed E-state index contributed by atoms with van der Waals surface area (Å²) < 4.78 is 24.0. The van der Waals surface area contributed by atoms with Gasteiger partial charge in [0.25, 0.3) is 0 Å². The molecule has 0 aliphatic rings. The summed E-state index contributed by atoms with van der Waals surface area (Å²) in [6, 6.07) is 17.8. The van der Waals surface area contributed by atoms with Crippen molar-refractivity contribution in [2.24, 2.45) is 0 Å². The number of aryl methyl sites for hydroxylation is 2. The molecule has 0 spiro atoms. The van der Waals surface area contributed by atoms with Gasteiger partial charge in [-0.3, -0.25) is 9.97 Å². The van der Waals surface area contributed by atoms with Crippen LogP contribution >= 0.6 is 0 Å². The summed E-state index contributed by atoms with van der Waals surface area (Å²) in [7, 11) is -3.06. The molecule has 1 heterocycles. The first-order valence-corrected chi connectivity index (χ1v) is 10.8. The smallest absolute Gasteiger partial charge is 0.156 e. The minimum absolute atomic E-state index is 0.0946. The SMILES string of the molecule is CC(C)S(=O)(=O)Cc1ccc(CCc2cnc(-c3ccccc3)cn2)cc1. The number of aromatic nitrogens is 2. The molecule has 27 heavy (non-hydrogen) atoms. The summed E-state index contributed by atoms with van der Waals surface area (Å²) in [6.07, 6.45) is 5.28. The second kappa shape index (κ2) is 8.44. The summed E-state index contributed by atoms with van der Waals surface area (Å²) in [5, 5.41) is -0.352. The minimum Gasteiger partial charge on any atom is -0.257 e. The lowest BCUT2D eigenvalue weighted by Gasteiger charge is -2.08. The van der Waals surface area contributed by atoms with Crippen LogP contribution in [0.5, 0.6) is 0 Å². The van der Waals surface area contributed by atoms with Gasteiger partial charge in [0.05, 0.1) is 28.6 Å². The molecular weight excluding hydrogens is 356 g/mol. The molecule has 0 saturated carbocycles. The monoisotopic (exact) mass is 380 g/mol. The molecule has 1 aromatic heterocycles. The number of benzene rings is 2. The van der Waals surface area contributed by atoms with E-state index in [0.717, 1.165) is 40.9 Å². The minimum atomic E-state index is -3.06. The lowest BCUT2D eigenvalue weighted by molar-refractivity contribution is 0.586. The van der Waals surface area contributed by atoms with Gasteiger partial charge in [-0.15, -0.1) is 0 Å². The second-order valence-electron chi connectivity index (χ2n) is 6.93. The van der Waals surface area contributed by atoms with E-state index in [1.807, 2.05) is 67.0 Å². The third-order valence-electron chi connectivity index (χ3n) is 4.55. The average molecular weight is 381 g/mol. The van der Waals surface area contributed by atoms with Crippen molar-refractivity contribution in [3.63, 3.8) is 0 Å². The van der Waals surface area contributed by atoms with Crippen LogP contribution < -0.4 is 0 Å². The molecule has 2 aromatic carbocycles. The maximum Gasteiger partial charge on any atom is 0.156 e. The van der Waals surface area contributed by atoms with E-state index in [-0.39, 0.29) is 11.0 Å². The summed E-state index contributed by atoms with van der Waals surface area (Å²) in [6.45, 7) is 3.43. The van der Waals surface area contributed by atoms with Gasteiger partial charge in [0.1, 0.15) is 0 Å². The summed E-state index contributed by atoms with van der Waals surface area (Å²) in [5.41, 5.74) is 4.87. The van der Waals surface area contributed by atoms with Crippen molar-refractivity contribution < 1.29 is 8.42 Å². The van der Waals surface area contributed by atoms with Crippen molar-refractivity contribution in [1.82, 2.24) is 9.97 Å². The van der Waals surface area contributed by atoms with Crippen LogP contribution in [0.4, 0.5) is 0 Å². The van der Waals surface area contributed by atoms with Crippen LogP contribution in [0.15, 0.2) is 67.0 Å². The average Bonchev–Trinajstić information content (AvgIpc) is 2.68. The highest BCUT2D eigenvalue weighted by Gasteiger charge is 2.16. The highest BCUT2D eigenvalue weighted by molar-refractivity contribution is 7.91. The largest absolute Gasteiger partial charge is 0.257 e. The van der Waals surface area contributed by atoms with Gasteiger partial charge in [0.2, 0.25) is 0 Å². The van der Waals surface area contributed by atoms with Gasteiger partial charge in [0, 0.05) is 11.8 Å².